The van der Waals surface area contributed by atoms with Crippen molar-refractivity contribution in [2.45, 2.75) is 65.2 Å². The van der Waals surface area contributed by atoms with Crippen molar-refractivity contribution < 1.29 is 4.52 Å². The lowest BCUT2D eigenvalue weighted by Crippen LogP contribution is -2.45. The van der Waals surface area contributed by atoms with Crippen LogP contribution in [0.5, 0.6) is 0 Å². The molecule has 0 aliphatic heterocycles. The molecule has 0 aromatic carbocycles. The number of hydrogen-bond donors (Lipinski definition) is 0. The summed E-state index contributed by atoms with van der Waals surface area (Å²) in [4.78, 5) is 0. The molecule has 1 fully saturated rings. The molecular weight excluding hydrogens is 222 g/mol. The van der Waals surface area contributed by atoms with Crippen molar-refractivity contribution in [3.63, 3.8) is 0 Å². The van der Waals surface area contributed by atoms with Crippen LogP contribution in [-0.2, 0) is 11.8 Å². The van der Waals surface area contributed by atoms with Crippen LogP contribution in [0.15, 0.2) is 10.7 Å². The average Bonchev–Trinajstić information content (AvgIpc) is 2.68. The molecule has 100 valence electrons. The van der Waals surface area contributed by atoms with Crippen molar-refractivity contribution in [1.29, 1.82) is 0 Å². The molecule has 0 amide bonds. The highest BCUT2D eigenvalue weighted by Crippen LogP contribution is 2.56. The molecule has 1 unspecified atom stereocenters. The number of aromatic nitrogens is 1. The van der Waals surface area contributed by atoms with Crippen LogP contribution in [0.4, 0.5) is 0 Å². The first-order valence-corrected chi connectivity index (χ1v) is 7.37. The number of nitrogens with zero attached hydrogens (tertiary/aromatic N) is 1. The summed E-state index contributed by atoms with van der Waals surface area (Å²) in [5, 5.41) is 4.05. The Kier molecular flexibility index (Phi) is 2.62. The van der Waals surface area contributed by atoms with Gasteiger partial charge in [0.15, 0.2) is 0 Å². The lowest BCUT2D eigenvalue weighted by molar-refractivity contribution is 0.0626. The Morgan fingerprint density at radius 2 is 2.00 bits per heavy atom. The van der Waals surface area contributed by atoms with Crippen molar-refractivity contribution in [3.8, 4) is 0 Å². The Bertz CT molecular complexity index is 448. The van der Waals surface area contributed by atoms with Crippen LogP contribution in [-0.4, -0.2) is 5.16 Å². The zero-order chi connectivity index (χ0) is 13.0. The van der Waals surface area contributed by atoms with E-state index in [2.05, 4.69) is 32.9 Å². The van der Waals surface area contributed by atoms with Gasteiger partial charge in [0.05, 0.1) is 6.20 Å². The van der Waals surface area contributed by atoms with Crippen LogP contribution in [0.1, 0.15) is 64.7 Å². The van der Waals surface area contributed by atoms with Gasteiger partial charge in [-0.15, -0.1) is 0 Å². The lowest BCUT2D eigenvalue weighted by Gasteiger charge is -2.48. The van der Waals surface area contributed by atoms with Gasteiger partial charge in [-0.25, -0.2) is 0 Å². The van der Waals surface area contributed by atoms with E-state index in [9.17, 15) is 0 Å². The van der Waals surface area contributed by atoms with Crippen molar-refractivity contribution in [2.75, 3.05) is 0 Å². The fraction of sp³-hybridized carbons (Fsp3) is 0.812. The molecule has 2 nitrogen and oxygen atoms in total. The van der Waals surface area contributed by atoms with Crippen LogP contribution in [0, 0.1) is 17.3 Å². The molecule has 1 saturated carbocycles. The van der Waals surface area contributed by atoms with E-state index in [0.29, 0.717) is 5.41 Å². The van der Waals surface area contributed by atoms with Gasteiger partial charge in [0.1, 0.15) is 5.76 Å². The van der Waals surface area contributed by atoms with Gasteiger partial charge in [-0.2, -0.15) is 0 Å². The SMILES string of the molecule is C[C@@H]1CCC2C(C)(C)c3oncc3C[C@@]2(C)CC1. The Balaban J connectivity index is 2.05. The molecule has 1 heterocycles. The first-order valence-electron chi connectivity index (χ1n) is 7.37. The summed E-state index contributed by atoms with van der Waals surface area (Å²) in [6, 6.07) is 0. The van der Waals surface area contributed by atoms with Crippen LogP contribution in [0.25, 0.3) is 0 Å². The lowest BCUT2D eigenvalue weighted by atomic mass is 9.55. The van der Waals surface area contributed by atoms with Gasteiger partial charge in [-0.1, -0.05) is 45.7 Å². The highest BCUT2D eigenvalue weighted by Gasteiger charge is 2.51. The van der Waals surface area contributed by atoms with E-state index in [-0.39, 0.29) is 5.41 Å². The second-order valence-corrected chi connectivity index (χ2v) is 7.51. The van der Waals surface area contributed by atoms with Gasteiger partial charge in [0, 0.05) is 11.0 Å². The predicted molar refractivity (Wildman–Crippen MR) is 72.5 cm³/mol. The monoisotopic (exact) mass is 247 g/mol. The van der Waals surface area contributed by atoms with E-state index < -0.39 is 0 Å². The number of fused-ring (bicyclic) bond motifs is 2. The quantitative estimate of drug-likeness (QED) is 0.681. The standard InChI is InChI=1S/C16H25NO/c1-11-5-6-13-15(2,3)14-12(10-17-18-14)9-16(13,4)8-7-11/h10-11,13H,5-9H2,1-4H3/t11-,13?,16-/m1/s1. The molecule has 0 N–H and O–H groups in total. The Morgan fingerprint density at radius 1 is 1.22 bits per heavy atom. The van der Waals surface area contributed by atoms with E-state index in [1.54, 1.807) is 0 Å². The topological polar surface area (TPSA) is 26.0 Å². The predicted octanol–water partition coefficient (Wildman–Crippen LogP) is 4.34. The molecule has 18 heavy (non-hydrogen) atoms. The summed E-state index contributed by atoms with van der Waals surface area (Å²) in [5.41, 5.74) is 1.93. The van der Waals surface area contributed by atoms with Crippen LogP contribution in [0.3, 0.4) is 0 Å². The zero-order valence-electron chi connectivity index (χ0n) is 12.1. The first kappa shape index (κ1) is 12.3. The van der Waals surface area contributed by atoms with Crippen molar-refractivity contribution in [3.05, 3.63) is 17.5 Å². The minimum Gasteiger partial charge on any atom is -0.361 e. The van der Waals surface area contributed by atoms with Crippen molar-refractivity contribution in [2.24, 2.45) is 17.3 Å². The summed E-state index contributed by atoms with van der Waals surface area (Å²) in [7, 11) is 0. The first-order chi connectivity index (χ1) is 8.43. The second-order valence-electron chi connectivity index (χ2n) is 7.51. The fourth-order valence-corrected chi connectivity index (χ4v) is 4.65. The van der Waals surface area contributed by atoms with E-state index >= 15 is 0 Å². The van der Waals surface area contributed by atoms with E-state index in [4.69, 9.17) is 4.52 Å². The normalized spacial score (nSPS) is 38.7. The van der Waals surface area contributed by atoms with Gasteiger partial charge in [-0.3, -0.25) is 0 Å². The maximum atomic E-state index is 5.58. The molecule has 1 aromatic heterocycles. The molecule has 0 spiro atoms. The van der Waals surface area contributed by atoms with Crippen molar-refractivity contribution in [1.82, 2.24) is 5.16 Å². The van der Waals surface area contributed by atoms with E-state index in [1.165, 1.54) is 31.2 Å². The molecule has 2 heteroatoms. The Morgan fingerprint density at radius 3 is 2.78 bits per heavy atom. The number of hydrogen-bond acceptors (Lipinski definition) is 2. The molecule has 0 saturated heterocycles. The largest absolute Gasteiger partial charge is 0.361 e. The highest BCUT2D eigenvalue weighted by molar-refractivity contribution is 5.29. The smallest absolute Gasteiger partial charge is 0.145 e. The average molecular weight is 247 g/mol. The molecular formula is C16H25NO. The summed E-state index contributed by atoms with van der Waals surface area (Å²) in [6.07, 6.45) is 8.55. The van der Waals surface area contributed by atoms with E-state index in [1.807, 2.05) is 6.20 Å². The second kappa shape index (κ2) is 3.85. The zero-order valence-corrected chi connectivity index (χ0v) is 12.1. The number of rotatable bonds is 0. The summed E-state index contributed by atoms with van der Waals surface area (Å²) < 4.78 is 5.58. The van der Waals surface area contributed by atoms with E-state index in [0.717, 1.165) is 24.0 Å². The molecule has 2 aliphatic rings. The summed E-state index contributed by atoms with van der Waals surface area (Å²) >= 11 is 0. The Labute approximate surface area is 110 Å². The summed E-state index contributed by atoms with van der Waals surface area (Å²) in [6.45, 7) is 9.62. The minimum absolute atomic E-state index is 0.142. The van der Waals surface area contributed by atoms with Gasteiger partial charge in [0.2, 0.25) is 0 Å². The van der Waals surface area contributed by atoms with Crippen LogP contribution in [0.2, 0.25) is 0 Å². The molecule has 0 bridgehead atoms. The van der Waals surface area contributed by atoms with Crippen LogP contribution < -0.4 is 0 Å². The molecule has 2 aliphatic carbocycles. The molecule has 3 atom stereocenters. The molecule has 3 rings (SSSR count). The van der Waals surface area contributed by atoms with Crippen LogP contribution >= 0.6 is 0 Å². The summed E-state index contributed by atoms with van der Waals surface area (Å²) in [5.74, 6) is 2.77. The maximum absolute atomic E-state index is 5.58. The van der Waals surface area contributed by atoms with Gasteiger partial charge in [0.25, 0.3) is 0 Å². The fourth-order valence-electron chi connectivity index (χ4n) is 4.65. The minimum atomic E-state index is 0.142. The van der Waals surface area contributed by atoms with Gasteiger partial charge in [-0.05, 0) is 36.5 Å². The Hall–Kier alpha value is -0.790. The highest BCUT2D eigenvalue weighted by atomic mass is 16.5. The maximum Gasteiger partial charge on any atom is 0.145 e. The van der Waals surface area contributed by atoms with Gasteiger partial charge >= 0.3 is 0 Å². The van der Waals surface area contributed by atoms with Crippen molar-refractivity contribution >= 4 is 0 Å². The van der Waals surface area contributed by atoms with Gasteiger partial charge < -0.3 is 4.52 Å². The third-order valence-corrected chi connectivity index (χ3v) is 5.69. The molecule has 0 radical (unpaired) electrons. The molecule has 1 aromatic rings. The third-order valence-electron chi connectivity index (χ3n) is 5.69. The third kappa shape index (κ3) is 1.64.